The van der Waals surface area contributed by atoms with Gasteiger partial charge in [0, 0.05) is 26.3 Å². The van der Waals surface area contributed by atoms with Gasteiger partial charge in [0.25, 0.3) is 0 Å². The molecular weight excluding hydrogens is 310 g/mol. The number of carbonyl (C=O) groups excluding carboxylic acids is 1. The number of nitrogens with one attached hydrogen (secondary N) is 1. The fraction of sp³-hybridized carbons (Fsp3) is 0.857. The second-order valence-corrected chi connectivity index (χ2v) is 5.10. The Morgan fingerprint density at radius 3 is 2.43 bits per heavy atom. The van der Waals surface area contributed by atoms with Crippen LogP contribution in [0.1, 0.15) is 19.8 Å². The lowest BCUT2D eigenvalue weighted by Gasteiger charge is -2.30. The molecule has 0 aromatic heterocycles. The van der Waals surface area contributed by atoms with E-state index in [-0.39, 0.29) is 25.4 Å². The molecule has 1 aliphatic heterocycles. The summed E-state index contributed by atoms with van der Waals surface area (Å²) in [6, 6.07) is 0. The molecule has 0 bridgehead atoms. The summed E-state index contributed by atoms with van der Waals surface area (Å²) < 4.78 is 21.1. The molecule has 0 aromatic rings. The van der Waals surface area contributed by atoms with Crippen LogP contribution in [0, 0.1) is 0 Å². The van der Waals surface area contributed by atoms with Crippen LogP contribution in [0.25, 0.3) is 0 Å². The van der Waals surface area contributed by atoms with Crippen LogP contribution in [0.2, 0.25) is 0 Å². The summed E-state index contributed by atoms with van der Waals surface area (Å²) >= 11 is 0. The number of rotatable bonds is 11. The highest BCUT2D eigenvalue weighted by Crippen LogP contribution is 2.20. The number of carboxylic acids is 1. The quantitative estimate of drug-likeness (QED) is 0.416. The summed E-state index contributed by atoms with van der Waals surface area (Å²) in [7, 11) is 0. The molecule has 0 aromatic carbocycles. The van der Waals surface area contributed by atoms with Gasteiger partial charge in [0.05, 0.1) is 39.1 Å². The van der Waals surface area contributed by atoms with E-state index in [1.165, 1.54) is 6.92 Å². The van der Waals surface area contributed by atoms with Gasteiger partial charge in [-0.3, -0.25) is 4.79 Å². The van der Waals surface area contributed by atoms with Gasteiger partial charge in [0.2, 0.25) is 5.91 Å². The highest BCUT2D eigenvalue weighted by Gasteiger charge is 2.33. The average Bonchev–Trinajstić information content (AvgIpc) is 2.48. The van der Waals surface area contributed by atoms with Crippen molar-refractivity contribution in [2.75, 3.05) is 39.6 Å². The fourth-order valence-corrected chi connectivity index (χ4v) is 1.99. The van der Waals surface area contributed by atoms with Crippen LogP contribution in [0.15, 0.2) is 0 Å². The van der Waals surface area contributed by atoms with Crippen molar-refractivity contribution in [2.45, 2.75) is 38.3 Å². The number of carbonyl (C=O) groups is 2. The van der Waals surface area contributed by atoms with Gasteiger partial charge >= 0.3 is 5.97 Å². The smallest absolute Gasteiger partial charge is 0.333 e. The molecule has 1 aliphatic rings. The lowest BCUT2D eigenvalue weighted by molar-refractivity contribution is -0.225. The van der Waals surface area contributed by atoms with Crippen LogP contribution >= 0.6 is 0 Å². The van der Waals surface area contributed by atoms with Crippen molar-refractivity contribution in [2.24, 2.45) is 0 Å². The Hall–Kier alpha value is -1.26. The normalized spacial score (nSPS) is 24.3. The Morgan fingerprint density at radius 2 is 1.78 bits per heavy atom. The van der Waals surface area contributed by atoms with Crippen molar-refractivity contribution in [3.63, 3.8) is 0 Å². The standard InChI is InChI=1S/C14H25NO8/c1-10(16)15-2-3-20-4-5-21-6-7-22-13-9-11(17)8-12(23-13)14(18)19/h11-13,17H,2-9H2,1H3,(H,15,16)(H,18,19). The molecule has 3 unspecified atom stereocenters. The van der Waals surface area contributed by atoms with Crippen LogP contribution in [-0.4, -0.2) is 80.2 Å². The maximum absolute atomic E-state index is 10.9. The van der Waals surface area contributed by atoms with E-state index in [0.29, 0.717) is 33.0 Å². The zero-order valence-electron chi connectivity index (χ0n) is 13.2. The van der Waals surface area contributed by atoms with Gasteiger partial charge in [-0.25, -0.2) is 4.79 Å². The summed E-state index contributed by atoms with van der Waals surface area (Å²) in [5.74, 6) is -1.20. The summed E-state index contributed by atoms with van der Waals surface area (Å²) in [4.78, 5) is 21.4. The van der Waals surface area contributed by atoms with Crippen molar-refractivity contribution < 1.29 is 38.7 Å². The number of ether oxygens (including phenoxy) is 4. The van der Waals surface area contributed by atoms with Crippen molar-refractivity contribution in [1.82, 2.24) is 5.32 Å². The SMILES string of the molecule is CC(=O)NCCOCCOCCOC1CC(O)CC(C(=O)O)O1. The lowest BCUT2D eigenvalue weighted by atomic mass is 10.1. The first-order valence-electron chi connectivity index (χ1n) is 7.57. The Kier molecular flexibility index (Phi) is 9.72. The minimum absolute atomic E-state index is 0.0710. The molecule has 0 radical (unpaired) electrons. The third kappa shape index (κ3) is 9.47. The average molecular weight is 335 g/mol. The maximum atomic E-state index is 10.9. The minimum atomic E-state index is -1.11. The third-order valence-electron chi connectivity index (χ3n) is 3.07. The van der Waals surface area contributed by atoms with Crippen LogP contribution in [-0.2, 0) is 28.5 Å². The van der Waals surface area contributed by atoms with Crippen molar-refractivity contribution >= 4 is 11.9 Å². The van der Waals surface area contributed by atoms with E-state index in [1.807, 2.05) is 0 Å². The lowest BCUT2D eigenvalue weighted by Crippen LogP contribution is -2.41. The van der Waals surface area contributed by atoms with E-state index in [2.05, 4.69) is 5.32 Å². The molecule has 0 saturated carbocycles. The van der Waals surface area contributed by atoms with Crippen molar-refractivity contribution in [3.05, 3.63) is 0 Å². The van der Waals surface area contributed by atoms with Crippen molar-refractivity contribution in [1.29, 1.82) is 0 Å². The van der Waals surface area contributed by atoms with Crippen LogP contribution in [0.5, 0.6) is 0 Å². The topological polar surface area (TPSA) is 124 Å². The molecule has 1 saturated heterocycles. The van der Waals surface area contributed by atoms with Gasteiger partial charge in [-0.2, -0.15) is 0 Å². The molecule has 1 fully saturated rings. The summed E-state index contributed by atoms with van der Waals surface area (Å²) in [5.41, 5.74) is 0. The molecule has 0 aliphatic carbocycles. The first-order chi connectivity index (χ1) is 11.0. The van der Waals surface area contributed by atoms with E-state index >= 15 is 0 Å². The number of hydrogen-bond donors (Lipinski definition) is 3. The van der Waals surface area contributed by atoms with Crippen molar-refractivity contribution in [3.8, 4) is 0 Å². The third-order valence-corrected chi connectivity index (χ3v) is 3.07. The number of amides is 1. The molecule has 1 rings (SSSR count). The predicted molar refractivity (Wildman–Crippen MR) is 77.8 cm³/mol. The number of aliphatic hydroxyl groups is 1. The molecule has 9 nitrogen and oxygen atoms in total. The van der Waals surface area contributed by atoms with E-state index in [9.17, 15) is 14.7 Å². The van der Waals surface area contributed by atoms with Crippen LogP contribution in [0.4, 0.5) is 0 Å². The first-order valence-corrected chi connectivity index (χ1v) is 7.57. The molecule has 1 amide bonds. The zero-order chi connectivity index (χ0) is 17.1. The van der Waals surface area contributed by atoms with Crippen LogP contribution < -0.4 is 5.32 Å². The number of aliphatic hydroxyl groups excluding tert-OH is 1. The molecule has 0 spiro atoms. The monoisotopic (exact) mass is 335 g/mol. The summed E-state index contributed by atoms with van der Waals surface area (Å²) in [6.45, 7) is 3.65. The van der Waals surface area contributed by atoms with Gasteiger partial charge < -0.3 is 34.5 Å². The molecule has 23 heavy (non-hydrogen) atoms. The van der Waals surface area contributed by atoms with E-state index in [4.69, 9.17) is 24.1 Å². The molecule has 3 atom stereocenters. The predicted octanol–water partition coefficient (Wildman–Crippen LogP) is -0.877. The van der Waals surface area contributed by atoms with Gasteiger partial charge in [-0.05, 0) is 0 Å². The maximum Gasteiger partial charge on any atom is 0.333 e. The summed E-state index contributed by atoms with van der Waals surface area (Å²) in [5, 5.41) is 21.1. The molecule has 3 N–H and O–H groups in total. The first kappa shape index (κ1) is 19.8. The Bertz CT molecular complexity index is 365. The Morgan fingerprint density at radius 1 is 1.13 bits per heavy atom. The minimum Gasteiger partial charge on any atom is -0.479 e. The van der Waals surface area contributed by atoms with E-state index in [0.717, 1.165) is 0 Å². The largest absolute Gasteiger partial charge is 0.479 e. The van der Waals surface area contributed by atoms with E-state index < -0.39 is 24.5 Å². The second-order valence-electron chi connectivity index (χ2n) is 5.10. The zero-order valence-corrected chi connectivity index (χ0v) is 13.2. The van der Waals surface area contributed by atoms with Gasteiger partial charge in [0.15, 0.2) is 12.4 Å². The molecule has 134 valence electrons. The number of aliphatic carboxylic acids is 1. The molecule has 1 heterocycles. The Labute approximate surface area is 134 Å². The number of hydrogen-bond acceptors (Lipinski definition) is 7. The molecule has 9 heteroatoms. The Balaban J connectivity index is 1.96. The molecular formula is C14H25NO8. The van der Waals surface area contributed by atoms with Crippen LogP contribution in [0.3, 0.4) is 0 Å². The van der Waals surface area contributed by atoms with Gasteiger partial charge in [-0.1, -0.05) is 0 Å². The fourth-order valence-electron chi connectivity index (χ4n) is 1.99. The highest BCUT2D eigenvalue weighted by atomic mass is 16.7. The summed E-state index contributed by atoms with van der Waals surface area (Å²) in [6.07, 6.45) is -2.20. The van der Waals surface area contributed by atoms with Gasteiger partial charge in [0.1, 0.15) is 0 Å². The highest BCUT2D eigenvalue weighted by molar-refractivity contribution is 5.72. The second kappa shape index (κ2) is 11.3. The van der Waals surface area contributed by atoms with Gasteiger partial charge in [-0.15, -0.1) is 0 Å². The van der Waals surface area contributed by atoms with E-state index in [1.54, 1.807) is 0 Å². The number of carboxylic acid groups (broad SMARTS) is 1.